The van der Waals surface area contributed by atoms with E-state index >= 15 is 0 Å². The predicted octanol–water partition coefficient (Wildman–Crippen LogP) is 4.67. The Balaban J connectivity index is 0. The zero-order chi connectivity index (χ0) is 10.4. The second-order valence-corrected chi connectivity index (χ2v) is 2.55. The average molecular weight is 178 g/mol. The van der Waals surface area contributed by atoms with Gasteiger partial charge in [-0.1, -0.05) is 43.0 Å². The topological polar surface area (TPSA) is 0 Å². The summed E-state index contributed by atoms with van der Waals surface area (Å²) >= 11 is 0. The van der Waals surface area contributed by atoms with E-state index in [1.54, 1.807) is 6.08 Å². The molecule has 0 bridgehead atoms. The summed E-state index contributed by atoms with van der Waals surface area (Å²) in [7, 11) is 0. The molecule has 0 aliphatic heterocycles. The average Bonchev–Trinajstić information content (AvgIpc) is 2.15. The van der Waals surface area contributed by atoms with Crippen LogP contribution >= 0.6 is 0 Å². The van der Waals surface area contributed by atoms with Crippen LogP contribution in [0.5, 0.6) is 0 Å². The lowest BCUT2D eigenvalue weighted by atomic mass is 10.2. The SMILES string of the molecule is C=CC=CC.C=CCCCC=CC. The van der Waals surface area contributed by atoms with Gasteiger partial charge < -0.3 is 0 Å². The van der Waals surface area contributed by atoms with Crippen LogP contribution in [0.1, 0.15) is 33.1 Å². The molecular formula is C13H22. The van der Waals surface area contributed by atoms with Gasteiger partial charge in [0, 0.05) is 0 Å². The Morgan fingerprint density at radius 1 is 1.00 bits per heavy atom. The van der Waals surface area contributed by atoms with Gasteiger partial charge in [-0.15, -0.1) is 6.58 Å². The molecule has 0 spiro atoms. The molecule has 74 valence electrons. The van der Waals surface area contributed by atoms with E-state index in [0.29, 0.717) is 0 Å². The van der Waals surface area contributed by atoms with Crippen molar-refractivity contribution in [2.45, 2.75) is 33.1 Å². The Kier molecular flexibility index (Phi) is 19.1. The van der Waals surface area contributed by atoms with Gasteiger partial charge in [-0.3, -0.25) is 0 Å². The molecule has 0 amide bonds. The van der Waals surface area contributed by atoms with Gasteiger partial charge >= 0.3 is 0 Å². The Morgan fingerprint density at radius 2 is 1.69 bits per heavy atom. The van der Waals surface area contributed by atoms with E-state index in [9.17, 15) is 0 Å². The molecule has 0 rings (SSSR count). The molecule has 13 heavy (non-hydrogen) atoms. The molecular weight excluding hydrogens is 156 g/mol. The van der Waals surface area contributed by atoms with Crippen LogP contribution in [0.25, 0.3) is 0 Å². The highest BCUT2D eigenvalue weighted by molar-refractivity contribution is 4.94. The number of allylic oxidation sites excluding steroid dienone is 6. The van der Waals surface area contributed by atoms with Crippen LogP contribution < -0.4 is 0 Å². The Bertz CT molecular complexity index is 149. The van der Waals surface area contributed by atoms with Gasteiger partial charge in [-0.25, -0.2) is 0 Å². The molecule has 0 saturated heterocycles. The van der Waals surface area contributed by atoms with Crippen molar-refractivity contribution >= 4 is 0 Å². The summed E-state index contributed by atoms with van der Waals surface area (Å²) in [6.07, 6.45) is 15.4. The van der Waals surface area contributed by atoms with Crippen molar-refractivity contribution in [2.75, 3.05) is 0 Å². The van der Waals surface area contributed by atoms with Crippen LogP contribution in [0.4, 0.5) is 0 Å². The Morgan fingerprint density at radius 3 is 2.00 bits per heavy atom. The van der Waals surface area contributed by atoms with E-state index in [0.717, 1.165) is 6.42 Å². The van der Waals surface area contributed by atoms with Crippen LogP contribution in [0, 0.1) is 0 Å². The summed E-state index contributed by atoms with van der Waals surface area (Å²) in [6.45, 7) is 11.1. The molecule has 0 heterocycles. The van der Waals surface area contributed by atoms with Crippen LogP contribution in [-0.4, -0.2) is 0 Å². The maximum Gasteiger partial charge on any atom is -0.0348 e. The van der Waals surface area contributed by atoms with Crippen LogP contribution in [0.15, 0.2) is 49.6 Å². The van der Waals surface area contributed by atoms with Gasteiger partial charge in [0.2, 0.25) is 0 Å². The zero-order valence-electron chi connectivity index (χ0n) is 9.00. The minimum absolute atomic E-state index is 1.14. The second kappa shape index (κ2) is 17.2. The fraction of sp³-hybridized carbons (Fsp3) is 0.385. The molecule has 0 aliphatic rings. The first-order chi connectivity index (χ1) is 6.33. The summed E-state index contributed by atoms with van der Waals surface area (Å²) in [4.78, 5) is 0. The molecule has 0 heteroatoms. The van der Waals surface area contributed by atoms with Crippen molar-refractivity contribution < 1.29 is 0 Å². The third kappa shape index (κ3) is 24.8. The molecule has 0 nitrogen and oxygen atoms in total. The maximum absolute atomic E-state index is 3.63. The molecule has 0 unspecified atom stereocenters. The summed E-state index contributed by atoms with van der Waals surface area (Å²) in [6, 6.07) is 0. The Labute approximate surface area is 83.4 Å². The van der Waals surface area contributed by atoms with Gasteiger partial charge in [-0.05, 0) is 33.1 Å². The fourth-order valence-corrected chi connectivity index (χ4v) is 0.683. The van der Waals surface area contributed by atoms with Gasteiger partial charge in [0.15, 0.2) is 0 Å². The first-order valence-corrected chi connectivity index (χ1v) is 4.79. The van der Waals surface area contributed by atoms with Crippen molar-refractivity contribution in [3.8, 4) is 0 Å². The highest BCUT2D eigenvalue weighted by atomic mass is 13.8. The van der Waals surface area contributed by atoms with E-state index in [-0.39, 0.29) is 0 Å². The summed E-state index contributed by atoms with van der Waals surface area (Å²) in [5, 5.41) is 0. The number of hydrogen-bond donors (Lipinski definition) is 0. The highest BCUT2D eigenvalue weighted by Crippen LogP contribution is 1.95. The summed E-state index contributed by atoms with van der Waals surface area (Å²) < 4.78 is 0. The molecule has 0 aromatic rings. The lowest BCUT2D eigenvalue weighted by Crippen LogP contribution is -1.65. The van der Waals surface area contributed by atoms with Gasteiger partial charge in [0.1, 0.15) is 0 Å². The van der Waals surface area contributed by atoms with Crippen molar-refractivity contribution in [2.24, 2.45) is 0 Å². The monoisotopic (exact) mass is 178 g/mol. The first-order valence-electron chi connectivity index (χ1n) is 4.79. The Hall–Kier alpha value is -1.04. The van der Waals surface area contributed by atoms with E-state index in [4.69, 9.17) is 0 Å². The molecule has 0 fully saturated rings. The number of unbranched alkanes of at least 4 members (excludes halogenated alkanes) is 2. The van der Waals surface area contributed by atoms with Gasteiger partial charge in [0.05, 0.1) is 0 Å². The molecule has 0 aromatic heterocycles. The summed E-state index contributed by atoms with van der Waals surface area (Å²) in [5.74, 6) is 0. The standard InChI is InChI=1S/C8H14.C5H8/c1-3-5-7-8-6-4-2;1-3-5-4-2/h3-4,6H,1,5,7-8H2,2H3;3-5H,1H2,2H3. The van der Waals surface area contributed by atoms with E-state index in [1.165, 1.54) is 12.8 Å². The van der Waals surface area contributed by atoms with Crippen molar-refractivity contribution in [1.29, 1.82) is 0 Å². The fourth-order valence-electron chi connectivity index (χ4n) is 0.683. The minimum atomic E-state index is 1.14. The van der Waals surface area contributed by atoms with Gasteiger partial charge in [-0.2, -0.15) is 0 Å². The van der Waals surface area contributed by atoms with Crippen molar-refractivity contribution in [3.63, 3.8) is 0 Å². The molecule has 0 N–H and O–H groups in total. The first kappa shape index (κ1) is 14.5. The molecule has 0 aromatic carbocycles. The van der Waals surface area contributed by atoms with Crippen LogP contribution in [-0.2, 0) is 0 Å². The van der Waals surface area contributed by atoms with E-state index in [2.05, 4.69) is 25.3 Å². The predicted molar refractivity (Wildman–Crippen MR) is 63.9 cm³/mol. The largest absolute Gasteiger partial charge is 0.103 e. The lowest BCUT2D eigenvalue weighted by molar-refractivity contribution is 0.869. The van der Waals surface area contributed by atoms with E-state index < -0.39 is 0 Å². The quantitative estimate of drug-likeness (QED) is 0.326. The van der Waals surface area contributed by atoms with Crippen molar-refractivity contribution in [3.05, 3.63) is 49.6 Å². The van der Waals surface area contributed by atoms with Crippen LogP contribution in [0.3, 0.4) is 0 Å². The number of hydrogen-bond acceptors (Lipinski definition) is 0. The third-order valence-electron chi connectivity index (χ3n) is 1.34. The third-order valence-corrected chi connectivity index (χ3v) is 1.34. The van der Waals surface area contributed by atoms with Crippen LogP contribution in [0.2, 0.25) is 0 Å². The van der Waals surface area contributed by atoms with Gasteiger partial charge in [0.25, 0.3) is 0 Å². The lowest BCUT2D eigenvalue weighted by Gasteiger charge is -1.85. The van der Waals surface area contributed by atoms with E-state index in [1.807, 2.05) is 32.1 Å². The molecule has 0 radical (unpaired) electrons. The molecule has 0 saturated carbocycles. The highest BCUT2D eigenvalue weighted by Gasteiger charge is 1.75. The smallest absolute Gasteiger partial charge is 0.0348 e. The zero-order valence-corrected chi connectivity index (χ0v) is 9.00. The summed E-state index contributed by atoms with van der Waals surface area (Å²) in [5.41, 5.74) is 0. The molecule has 0 atom stereocenters. The minimum Gasteiger partial charge on any atom is -0.103 e. The normalized spacial score (nSPS) is 9.69. The number of rotatable bonds is 5. The molecule has 0 aliphatic carbocycles. The van der Waals surface area contributed by atoms with Crippen molar-refractivity contribution in [1.82, 2.24) is 0 Å². The second-order valence-electron chi connectivity index (χ2n) is 2.55. The maximum atomic E-state index is 3.63.